The molecule has 0 aliphatic heterocycles. The Morgan fingerprint density at radius 1 is 1.07 bits per heavy atom. The van der Waals surface area contributed by atoms with Crippen molar-refractivity contribution in [2.24, 2.45) is 0 Å². The molecule has 0 bridgehead atoms. The zero-order chi connectivity index (χ0) is 21.9. The molecule has 2 aromatic rings. The highest BCUT2D eigenvalue weighted by molar-refractivity contribution is 6.36. The summed E-state index contributed by atoms with van der Waals surface area (Å²) >= 11 is 12.6. The number of rotatable bonds is 11. The molecule has 2 aromatic carbocycles. The van der Waals surface area contributed by atoms with Crippen LogP contribution in [-0.4, -0.2) is 35.9 Å². The Hall–Kier alpha value is -2.24. The van der Waals surface area contributed by atoms with Gasteiger partial charge in [-0.15, -0.1) is 0 Å². The van der Waals surface area contributed by atoms with Gasteiger partial charge in [0.05, 0.1) is 6.61 Å². The van der Waals surface area contributed by atoms with Crippen LogP contribution in [0.2, 0.25) is 10.0 Å². The molecule has 0 saturated heterocycles. The third-order valence-electron chi connectivity index (χ3n) is 4.65. The number of carbonyl (C=O) groups excluding carboxylic acids is 2. The summed E-state index contributed by atoms with van der Waals surface area (Å²) in [5.74, 6) is 0.410. The first-order valence-electron chi connectivity index (χ1n) is 10.1. The van der Waals surface area contributed by atoms with Crippen molar-refractivity contribution in [2.75, 3.05) is 13.2 Å². The van der Waals surface area contributed by atoms with E-state index in [-0.39, 0.29) is 24.8 Å². The van der Waals surface area contributed by atoms with Gasteiger partial charge in [0, 0.05) is 35.1 Å². The normalized spacial score (nSPS) is 11.6. The Kier molecular flexibility index (Phi) is 9.98. The van der Waals surface area contributed by atoms with Crippen LogP contribution in [0, 0.1) is 0 Å². The quantitative estimate of drug-likeness (QED) is 0.484. The van der Waals surface area contributed by atoms with Gasteiger partial charge in [-0.25, -0.2) is 0 Å². The highest BCUT2D eigenvalue weighted by Crippen LogP contribution is 2.27. The number of para-hydroxylation sites is 1. The van der Waals surface area contributed by atoms with E-state index in [4.69, 9.17) is 27.9 Å². The maximum Gasteiger partial charge on any atom is 0.242 e. The third kappa shape index (κ3) is 7.22. The molecule has 30 heavy (non-hydrogen) atoms. The molecule has 1 N–H and O–H groups in total. The lowest BCUT2D eigenvalue weighted by Gasteiger charge is -2.29. The molecule has 7 heteroatoms. The number of nitrogens with zero attached hydrogens (tertiary/aromatic N) is 1. The van der Waals surface area contributed by atoms with Gasteiger partial charge >= 0.3 is 0 Å². The van der Waals surface area contributed by atoms with Gasteiger partial charge in [0.25, 0.3) is 0 Å². The lowest BCUT2D eigenvalue weighted by atomic mass is 10.1. The number of nitrogens with one attached hydrogen (secondary N) is 1. The minimum Gasteiger partial charge on any atom is -0.494 e. The van der Waals surface area contributed by atoms with Crippen molar-refractivity contribution >= 4 is 35.0 Å². The molecular formula is C23H28Cl2N2O3. The number of hydrogen-bond donors (Lipinski definition) is 1. The highest BCUT2D eigenvalue weighted by atomic mass is 35.5. The monoisotopic (exact) mass is 450 g/mol. The van der Waals surface area contributed by atoms with E-state index in [2.05, 4.69) is 5.32 Å². The molecule has 5 nitrogen and oxygen atoms in total. The molecule has 0 saturated carbocycles. The van der Waals surface area contributed by atoms with E-state index in [0.29, 0.717) is 35.2 Å². The molecular weight excluding hydrogens is 423 g/mol. The van der Waals surface area contributed by atoms with Crippen LogP contribution in [0.1, 0.15) is 38.7 Å². The Labute approximate surface area is 188 Å². The number of amides is 2. The Morgan fingerprint density at radius 2 is 1.73 bits per heavy atom. The van der Waals surface area contributed by atoms with E-state index in [1.165, 1.54) is 4.90 Å². The van der Waals surface area contributed by atoms with Gasteiger partial charge in [-0.1, -0.05) is 54.4 Å². The molecule has 0 aliphatic carbocycles. The minimum absolute atomic E-state index is 0.151. The molecule has 162 valence electrons. The minimum atomic E-state index is -0.647. The zero-order valence-electron chi connectivity index (χ0n) is 17.4. The van der Waals surface area contributed by atoms with Crippen LogP contribution in [0.4, 0.5) is 0 Å². The van der Waals surface area contributed by atoms with Crippen molar-refractivity contribution in [3.8, 4) is 5.75 Å². The van der Waals surface area contributed by atoms with Crippen molar-refractivity contribution in [3.05, 3.63) is 64.1 Å². The molecule has 0 heterocycles. The smallest absolute Gasteiger partial charge is 0.242 e. The topological polar surface area (TPSA) is 58.6 Å². The second-order valence-electron chi connectivity index (χ2n) is 6.95. The largest absolute Gasteiger partial charge is 0.494 e. The van der Waals surface area contributed by atoms with Crippen LogP contribution in [0.25, 0.3) is 0 Å². The van der Waals surface area contributed by atoms with E-state index in [9.17, 15) is 9.59 Å². The Balaban J connectivity index is 2.05. The van der Waals surface area contributed by atoms with Crippen LogP contribution in [0.3, 0.4) is 0 Å². The number of halogens is 2. The van der Waals surface area contributed by atoms with Gasteiger partial charge in [-0.2, -0.15) is 0 Å². The average Bonchev–Trinajstić information content (AvgIpc) is 2.75. The van der Waals surface area contributed by atoms with E-state index >= 15 is 0 Å². The number of ether oxygens (including phenoxy) is 1. The molecule has 0 fully saturated rings. The lowest BCUT2D eigenvalue weighted by molar-refractivity contribution is -0.140. The van der Waals surface area contributed by atoms with Gasteiger partial charge < -0.3 is 15.0 Å². The maximum atomic E-state index is 13.0. The number of benzene rings is 2. The summed E-state index contributed by atoms with van der Waals surface area (Å²) < 4.78 is 5.66. The standard InChI is InChI=1S/C23H28Cl2N2O3/c1-3-14-26-23(29)17(2)27(16-19-20(24)11-7-12-21(19)25)22(28)13-8-15-30-18-9-5-4-6-10-18/h4-7,9-12,17H,3,8,13-16H2,1-2H3,(H,26,29)/t17-/m1/s1. The van der Waals surface area contributed by atoms with Crippen molar-refractivity contribution in [1.29, 1.82) is 0 Å². The second-order valence-corrected chi connectivity index (χ2v) is 7.77. The van der Waals surface area contributed by atoms with Crippen molar-refractivity contribution < 1.29 is 14.3 Å². The molecule has 0 aliphatic rings. The van der Waals surface area contributed by atoms with E-state index in [1.807, 2.05) is 37.3 Å². The fourth-order valence-corrected chi connectivity index (χ4v) is 3.42. The summed E-state index contributed by atoms with van der Waals surface area (Å²) in [5, 5.41) is 3.78. The van der Waals surface area contributed by atoms with Gasteiger partial charge in [-0.3, -0.25) is 9.59 Å². The van der Waals surface area contributed by atoms with E-state index in [0.717, 1.165) is 12.2 Å². The van der Waals surface area contributed by atoms with E-state index < -0.39 is 6.04 Å². The fourth-order valence-electron chi connectivity index (χ4n) is 2.91. The molecule has 2 rings (SSSR count). The summed E-state index contributed by atoms with van der Waals surface area (Å²) in [4.78, 5) is 27.1. The second kappa shape index (κ2) is 12.5. The summed E-state index contributed by atoms with van der Waals surface area (Å²) in [7, 11) is 0. The SMILES string of the molecule is CCCNC(=O)[C@@H](C)N(Cc1c(Cl)cccc1Cl)C(=O)CCCOc1ccccc1. The van der Waals surface area contributed by atoms with E-state index in [1.54, 1.807) is 25.1 Å². The van der Waals surface area contributed by atoms with Crippen LogP contribution in [-0.2, 0) is 16.1 Å². The predicted octanol–water partition coefficient (Wildman–Crippen LogP) is 5.10. The summed E-state index contributed by atoms with van der Waals surface area (Å²) in [6.45, 7) is 4.83. The molecule has 2 amide bonds. The molecule has 0 aromatic heterocycles. The molecule has 0 spiro atoms. The van der Waals surface area contributed by atoms with Gasteiger partial charge in [0.1, 0.15) is 11.8 Å². The first-order chi connectivity index (χ1) is 14.4. The van der Waals surface area contributed by atoms with Crippen LogP contribution >= 0.6 is 23.2 Å². The Bertz CT molecular complexity index is 810. The third-order valence-corrected chi connectivity index (χ3v) is 5.36. The van der Waals surface area contributed by atoms with Crippen LogP contribution in [0.15, 0.2) is 48.5 Å². The predicted molar refractivity (Wildman–Crippen MR) is 121 cm³/mol. The number of carbonyl (C=O) groups is 2. The first kappa shape index (κ1) is 24.0. The Morgan fingerprint density at radius 3 is 2.37 bits per heavy atom. The van der Waals surface area contributed by atoms with Gasteiger partial charge in [0.15, 0.2) is 0 Å². The van der Waals surface area contributed by atoms with Gasteiger partial charge in [0.2, 0.25) is 11.8 Å². The van der Waals surface area contributed by atoms with Crippen molar-refractivity contribution in [1.82, 2.24) is 10.2 Å². The molecule has 0 radical (unpaired) electrons. The fraction of sp³-hybridized carbons (Fsp3) is 0.391. The summed E-state index contributed by atoms with van der Waals surface area (Å²) in [6.07, 6.45) is 1.60. The van der Waals surface area contributed by atoms with Crippen molar-refractivity contribution in [3.63, 3.8) is 0 Å². The first-order valence-corrected chi connectivity index (χ1v) is 10.9. The highest BCUT2D eigenvalue weighted by Gasteiger charge is 2.27. The molecule has 1 atom stereocenters. The summed E-state index contributed by atoms with van der Waals surface area (Å²) in [5.41, 5.74) is 0.630. The zero-order valence-corrected chi connectivity index (χ0v) is 18.9. The van der Waals surface area contributed by atoms with Gasteiger partial charge in [-0.05, 0) is 44.0 Å². The van der Waals surface area contributed by atoms with Crippen LogP contribution in [0.5, 0.6) is 5.75 Å². The summed E-state index contributed by atoms with van der Waals surface area (Å²) in [6, 6.07) is 14.0. The average molecular weight is 451 g/mol. The number of hydrogen-bond acceptors (Lipinski definition) is 3. The van der Waals surface area contributed by atoms with Crippen molar-refractivity contribution in [2.45, 2.75) is 45.7 Å². The lowest BCUT2D eigenvalue weighted by Crippen LogP contribution is -2.47. The maximum absolute atomic E-state index is 13.0. The van der Waals surface area contributed by atoms with Crippen LogP contribution < -0.4 is 10.1 Å². The molecule has 0 unspecified atom stereocenters.